The Kier molecular flexibility index (Phi) is 2.39. The normalized spacial score (nSPS) is 33.1. The first-order valence-corrected chi connectivity index (χ1v) is 4.63. The van der Waals surface area contributed by atoms with Crippen molar-refractivity contribution in [2.45, 2.75) is 10.5 Å². The fourth-order valence-corrected chi connectivity index (χ4v) is 3.29. The molecule has 0 amide bonds. The topological polar surface area (TPSA) is 0 Å². The summed E-state index contributed by atoms with van der Waals surface area (Å²) in [6.07, 6.45) is 10.4. The molecule has 0 bridgehead atoms. The molecule has 0 spiro atoms. The van der Waals surface area contributed by atoms with Gasteiger partial charge < -0.3 is 0 Å². The molecule has 0 nitrogen and oxygen atoms in total. The lowest BCUT2D eigenvalue weighted by Crippen LogP contribution is -2.09. The number of hydrogen-bond donors (Lipinski definition) is 0. The lowest BCUT2D eigenvalue weighted by Gasteiger charge is -2.01. The third kappa shape index (κ3) is 1.39. The van der Waals surface area contributed by atoms with E-state index in [-0.39, 0.29) is 10.5 Å². The first kappa shape index (κ1) is 6.93. The lowest BCUT2D eigenvalue weighted by molar-refractivity contribution is 1.19. The minimum Gasteiger partial charge on any atom is -0.132 e. The molecule has 1 saturated heterocycles. The van der Waals surface area contributed by atoms with E-state index in [1.165, 1.54) is 0 Å². The summed E-state index contributed by atoms with van der Waals surface area (Å²) in [4.78, 5) is 0. The van der Waals surface area contributed by atoms with Crippen molar-refractivity contribution in [2.24, 2.45) is 0 Å². The van der Waals surface area contributed by atoms with Gasteiger partial charge in [0.2, 0.25) is 0 Å². The average Bonchev–Trinajstić information content (AvgIpc) is 2.33. The number of rotatable bonds is 0. The number of thioether (sulfide) groups is 2. The molecule has 2 unspecified atom stereocenters. The molecule has 1 heterocycles. The van der Waals surface area contributed by atoms with Crippen LogP contribution in [-0.4, -0.2) is 15.6 Å². The van der Waals surface area contributed by atoms with Crippen molar-refractivity contribution in [3.05, 3.63) is 0 Å². The Morgan fingerprint density at radius 1 is 1.11 bits per heavy atom. The fraction of sp³-hybridized carbons (Fsp3) is 0.429. The van der Waals surface area contributed by atoms with Crippen LogP contribution in [-0.2, 0) is 0 Å². The van der Waals surface area contributed by atoms with Gasteiger partial charge in [-0.05, 0) is 0 Å². The van der Waals surface area contributed by atoms with Crippen LogP contribution in [0.4, 0.5) is 0 Å². The van der Waals surface area contributed by atoms with Crippen molar-refractivity contribution in [3.8, 4) is 24.7 Å². The van der Waals surface area contributed by atoms with Gasteiger partial charge in [0.05, 0.1) is 10.5 Å². The highest BCUT2D eigenvalue weighted by molar-refractivity contribution is 8.20. The molecule has 1 aliphatic rings. The van der Waals surface area contributed by atoms with Gasteiger partial charge in [-0.3, -0.25) is 0 Å². The third-order valence-corrected chi connectivity index (χ3v) is 3.89. The van der Waals surface area contributed by atoms with Crippen LogP contribution in [0.15, 0.2) is 0 Å². The van der Waals surface area contributed by atoms with E-state index in [0.29, 0.717) is 0 Å². The summed E-state index contributed by atoms with van der Waals surface area (Å²) in [6, 6.07) is 0. The van der Waals surface area contributed by atoms with E-state index in [2.05, 4.69) is 11.8 Å². The standard InChI is InChI=1S/C7H6S2/c1-3-6-7(4-2)9-5-8-6/h1-2,6-7H,5H2. The fourth-order valence-electron chi connectivity index (χ4n) is 0.632. The van der Waals surface area contributed by atoms with Crippen LogP contribution >= 0.6 is 23.5 Å². The minimum absolute atomic E-state index is 0.250. The van der Waals surface area contributed by atoms with Crippen molar-refractivity contribution in [2.75, 3.05) is 5.08 Å². The van der Waals surface area contributed by atoms with Crippen LogP contribution in [0.5, 0.6) is 0 Å². The van der Waals surface area contributed by atoms with Gasteiger partial charge in [-0.2, -0.15) is 0 Å². The second-order valence-electron chi connectivity index (χ2n) is 1.63. The van der Waals surface area contributed by atoms with Crippen molar-refractivity contribution in [1.29, 1.82) is 0 Å². The van der Waals surface area contributed by atoms with Crippen LogP contribution < -0.4 is 0 Å². The van der Waals surface area contributed by atoms with Crippen LogP contribution in [0.25, 0.3) is 0 Å². The summed E-state index contributed by atoms with van der Waals surface area (Å²) >= 11 is 3.52. The second kappa shape index (κ2) is 3.11. The molecule has 0 saturated carbocycles. The Bertz CT molecular complexity index is 152. The molecule has 0 aliphatic carbocycles. The van der Waals surface area contributed by atoms with Gasteiger partial charge in [-0.1, -0.05) is 11.8 Å². The molecule has 1 fully saturated rings. The van der Waals surface area contributed by atoms with Crippen molar-refractivity contribution in [1.82, 2.24) is 0 Å². The zero-order valence-electron chi connectivity index (χ0n) is 4.83. The maximum Gasteiger partial charge on any atom is 0.0891 e. The molecular formula is C7H6S2. The maximum absolute atomic E-state index is 5.22. The minimum atomic E-state index is 0.250. The summed E-state index contributed by atoms with van der Waals surface area (Å²) in [6.45, 7) is 0. The molecule has 2 heteroatoms. The molecule has 46 valence electrons. The Morgan fingerprint density at radius 3 is 1.89 bits per heavy atom. The maximum atomic E-state index is 5.22. The average molecular weight is 154 g/mol. The molecule has 0 radical (unpaired) electrons. The van der Waals surface area contributed by atoms with E-state index >= 15 is 0 Å². The van der Waals surface area contributed by atoms with Gasteiger partial charge in [-0.25, -0.2) is 0 Å². The molecule has 1 aliphatic heterocycles. The van der Waals surface area contributed by atoms with Crippen molar-refractivity contribution >= 4 is 23.5 Å². The van der Waals surface area contributed by atoms with Crippen LogP contribution in [0.3, 0.4) is 0 Å². The van der Waals surface area contributed by atoms with Gasteiger partial charge in [0.15, 0.2) is 0 Å². The van der Waals surface area contributed by atoms with E-state index in [0.717, 1.165) is 5.08 Å². The zero-order chi connectivity index (χ0) is 6.69. The first-order chi connectivity index (χ1) is 4.38. The largest absolute Gasteiger partial charge is 0.132 e. The smallest absolute Gasteiger partial charge is 0.0891 e. The van der Waals surface area contributed by atoms with Crippen LogP contribution in [0.1, 0.15) is 0 Å². The predicted octanol–water partition coefficient (Wildman–Crippen LogP) is 1.43. The molecular weight excluding hydrogens is 148 g/mol. The van der Waals surface area contributed by atoms with E-state index in [9.17, 15) is 0 Å². The van der Waals surface area contributed by atoms with E-state index in [1.807, 2.05) is 0 Å². The molecule has 0 aromatic rings. The zero-order valence-corrected chi connectivity index (χ0v) is 6.47. The van der Waals surface area contributed by atoms with Gasteiger partial charge in [-0.15, -0.1) is 36.4 Å². The highest BCUT2D eigenvalue weighted by atomic mass is 32.2. The summed E-state index contributed by atoms with van der Waals surface area (Å²) in [5, 5.41) is 1.55. The van der Waals surface area contributed by atoms with Crippen molar-refractivity contribution < 1.29 is 0 Å². The SMILES string of the molecule is C#CC1SCSC1C#C. The van der Waals surface area contributed by atoms with Crippen molar-refractivity contribution in [3.63, 3.8) is 0 Å². The third-order valence-electron chi connectivity index (χ3n) is 1.10. The number of terminal acetylenes is 2. The highest BCUT2D eigenvalue weighted by Gasteiger charge is 2.24. The molecule has 2 atom stereocenters. The van der Waals surface area contributed by atoms with Gasteiger partial charge in [0.25, 0.3) is 0 Å². The van der Waals surface area contributed by atoms with E-state index < -0.39 is 0 Å². The lowest BCUT2D eigenvalue weighted by atomic mass is 10.3. The summed E-state index contributed by atoms with van der Waals surface area (Å²) < 4.78 is 0. The summed E-state index contributed by atoms with van der Waals surface area (Å²) in [5.74, 6) is 5.33. The molecule has 9 heavy (non-hydrogen) atoms. The summed E-state index contributed by atoms with van der Waals surface area (Å²) in [7, 11) is 0. The Balaban J connectivity index is 2.57. The first-order valence-electron chi connectivity index (χ1n) is 2.54. The molecule has 0 N–H and O–H groups in total. The van der Waals surface area contributed by atoms with Gasteiger partial charge in [0.1, 0.15) is 0 Å². The molecule has 0 aromatic heterocycles. The van der Waals surface area contributed by atoms with E-state index in [4.69, 9.17) is 12.8 Å². The van der Waals surface area contributed by atoms with Crippen LogP contribution in [0.2, 0.25) is 0 Å². The highest BCUT2D eigenvalue weighted by Crippen LogP contribution is 2.35. The van der Waals surface area contributed by atoms with E-state index in [1.54, 1.807) is 23.5 Å². The monoisotopic (exact) mass is 154 g/mol. The summed E-state index contributed by atoms with van der Waals surface area (Å²) in [5.41, 5.74) is 0. The predicted molar refractivity (Wildman–Crippen MR) is 45.3 cm³/mol. The second-order valence-corrected chi connectivity index (χ2v) is 4.25. The Morgan fingerprint density at radius 2 is 1.56 bits per heavy atom. The Hall–Kier alpha value is -0.180. The number of hydrogen-bond acceptors (Lipinski definition) is 2. The van der Waals surface area contributed by atoms with Crippen LogP contribution in [0, 0.1) is 24.7 Å². The Labute approximate surface area is 64.2 Å². The van der Waals surface area contributed by atoms with Gasteiger partial charge in [0, 0.05) is 5.08 Å². The molecule has 0 aromatic carbocycles. The van der Waals surface area contributed by atoms with Gasteiger partial charge >= 0.3 is 0 Å². The quantitative estimate of drug-likeness (QED) is 0.484. The molecule has 1 rings (SSSR count).